The summed E-state index contributed by atoms with van der Waals surface area (Å²) in [5.41, 5.74) is 2.39. The zero-order valence-corrected chi connectivity index (χ0v) is 21.0. The number of carbonyl (C=O) groups is 1. The Bertz CT molecular complexity index is 1300. The van der Waals surface area contributed by atoms with Crippen LogP contribution in [-0.2, 0) is 10.0 Å². The van der Waals surface area contributed by atoms with E-state index in [1.165, 1.54) is 6.20 Å². The number of aromatic nitrogens is 2. The van der Waals surface area contributed by atoms with Crippen molar-refractivity contribution < 1.29 is 18.3 Å². The van der Waals surface area contributed by atoms with Crippen LogP contribution in [0.5, 0.6) is 0 Å². The van der Waals surface area contributed by atoms with Crippen LogP contribution in [0.2, 0.25) is 0 Å². The van der Waals surface area contributed by atoms with E-state index >= 15 is 0 Å². The molecule has 0 spiro atoms. The van der Waals surface area contributed by atoms with Crippen molar-refractivity contribution >= 4 is 16.1 Å². The van der Waals surface area contributed by atoms with Crippen LogP contribution in [-0.4, -0.2) is 71.3 Å². The predicted octanol–water partition coefficient (Wildman–Crippen LogP) is 3.13. The summed E-state index contributed by atoms with van der Waals surface area (Å²) in [4.78, 5) is 13.9. The molecule has 9 nitrogen and oxygen atoms in total. The summed E-state index contributed by atoms with van der Waals surface area (Å²) in [7, 11) is -3.64. The van der Waals surface area contributed by atoms with E-state index < -0.39 is 16.1 Å². The van der Waals surface area contributed by atoms with Gasteiger partial charge < -0.3 is 15.3 Å². The second-order valence-corrected chi connectivity index (χ2v) is 11.6. The van der Waals surface area contributed by atoms with E-state index in [0.717, 1.165) is 30.9 Å². The molecule has 0 saturated carbocycles. The SMILES string of the molecule is Cc1c(S(=O)(=O)N2CC3CN(CCC(NC(=O)O)c4ccccc4)C[C@H]3C2)cnn1-c1ccccc1. The lowest BCUT2D eigenvalue weighted by Crippen LogP contribution is -2.35. The quantitative estimate of drug-likeness (QED) is 0.483. The molecule has 2 unspecified atom stereocenters. The fourth-order valence-electron chi connectivity index (χ4n) is 5.51. The molecule has 0 aliphatic carbocycles. The minimum Gasteiger partial charge on any atom is -0.465 e. The first kappa shape index (κ1) is 24.5. The van der Waals surface area contributed by atoms with Crippen LogP contribution in [0.1, 0.15) is 23.7 Å². The van der Waals surface area contributed by atoms with Crippen LogP contribution in [0.4, 0.5) is 4.79 Å². The molecular formula is C26H31N5O4S. The number of nitrogens with zero attached hydrogens (tertiary/aromatic N) is 4. The number of sulfonamides is 1. The van der Waals surface area contributed by atoms with Gasteiger partial charge in [0.2, 0.25) is 10.0 Å². The van der Waals surface area contributed by atoms with Gasteiger partial charge in [0, 0.05) is 32.7 Å². The number of benzene rings is 2. The van der Waals surface area contributed by atoms with Crippen molar-refractivity contribution in [2.45, 2.75) is 24.3 Å². The first-order chi connectivity index (χ1) is 17.3. The Morgan fingerprint density at radius 3 is 2.25 bits per heavy atom. The number of carboxylic acid groups (broad SMARTS) is 1. The molecular weight excluding hydrogens is 478 g/mol. The number of hydrogen-bond acceptors (Lipinski definition) is 5. The van der Waals surface area contributed by atoms with Gasteiger partial charge in [-0.1, -0.05) is 48.5 Å². The van der Waals surface area contributed by atoms with Gasteiger partial charge >= 0.3 is 6.09 Å². The van der Waals surface area contributed by atoms with Crippen molar-refractivity contribution in [1.82, 2.24) is 24.3 Å². The summed E-state index contributed by atoms with van der Waals surface area (Å²) in [5.74, 6) is 0.540. The summed E-state index contributed by atoms with van der Waals surface area (Å²) in [5, 5.41) is 16.2. The van der Waals surface area contributed by atoms with E-state index in [1.54, 1.807) is 15.9 Å². The lowest BCUT2D eigenvalue weighted by molar-refractivity contribution is 0.187. The number of amides is 1. The standard InChI is InChI=1S/C26H31N5O4S/c1-19-25(14-27-31(19)23-10-6-3-7-11-23)36(34,35)30-17-21-15-29(16-22(21)18-30)13-12-24(28-26(32)33)20-8-4-2-5-9-20/h2-11,14,21-22,24,28H,12-13,15-18H2,1H3,(H,32,33)/t21-,22?,24?/m0/s1. The van der Waals surface area contributed by atoms with Gasteiger partial charge in [0.05, 0.1) is 23.6 Å². The van der Waals surface area contributed by atoms with Gasteiger partial charge in [-0.2, -0.15) is 9.40 Å². The number of likely N-dealkylation sites (tertiary alicyclic amines) is 1. The number of fused-ring (bicyclic) bond motifs is 1. The number of hydrogen-bond donors (Lipinski definition) is 2. The minimum atomic E-state index is -3.64. The van der Waals surface area contributed by atoms with Gasteiger partial charge in [-0.3, -0.25) is 0 Å². The number of rotatable bonds is 8. The zero-order chi connectivity index (χ0) is 25.3. The van der Waals surface area contributed by atoms with E-state index in [1.807, 2.05) is 60.7 Å². The highest BCUT2D eigenvalue weighted by molar-refractivity contribution is 7.89. The highest BCUT2D eigenvalue weighted by Gasteiger charge is 2.44. The molecule has 1 amide bonds. The molecule has 2 saturated heterocycles. The van der Waals surface area contributed by atoms with Crippen LogP contribution in [0, 0.1) is 18.8 Å². The van der Waals surface area contributed by atoms with Gasteiger partial charge in [-0.05, 0) is 42.9 Å². The molecule has 36 heavy (non-hydrogen) atoms. The van der Waals surface area contributed by atoms with Crippen molar-refractivity contribution in [2.24, 2.45) is 11.8 Å². The maximum atomic E-state index is 13.5. The lowest BCUT2D eigenvalue weighted by atomic mass is 10.0. The van der Waals surface area contributed by atoms with E-state index in [2.05, 4.69) is 15.3 Å². The normalized spacial score (nSPS) is 21.4. The smallest absolute Gasteiger partial charge is 0.405 e. The van der Waals surface area contributed by atoms with E-state index in [9.17, 15) is 18.3 Å². The molecule has 0 bridgehead atoms. The third kappa shape index (κ3) is 4.88. The molecule has 2 aliphatic rings. The average molecular weight is 510 g/mol. The third-order valence-corrected chi connectivity index (χ3v) is 9.28. The third-order valence-electron chi connectivity index (χ3n) is 7.35. The molecule has 3 heterocycles. The Morgan fingerprint density at radius 2 is 1.64 bits per heavy atom. The summed E-state index contributed by atoms with van der Waals surface area (Å²) in [6, 6.07) is 18.8. The molecule has 5 rings (SSSR count). The van der Waals surface area contributed by atoms with Crippen LogP contribution >= 0.6 is 0 Å². The highest BCUT2D eigenvalue weighted by atomic mass is 32.2. The van der Waals surface area contributed by atoms with Crippen molar-refractivity contribution in [3.63, 3.8) is 0 Å². The Kier molecular flexibility index (Phi) is 6.83. The Balaban J connectivity index is 1.21. The Hall–Kier alpha value is -3.21. The maximum Gasteiger partial charge on any atom is 0.405 e. The van der Waals surface area contributed by atoms with Crippen LogP contribution in [0.15, 0.2) is 71.8 Å². The van der Waals surface area contributed by atoms with Gasteiger partial charge in [0.1, 0.15) is 4.90 Å². The Labute approximate surface area is 211 Å². The van der Waals surface area contributed by atoms with E-state index in [4.69, 9.17) is 0 Å². The molecule has 10 heteroatoms. The molecule has 0 radical (unpaired) electrons. The summed E-state index contributed by atoms with van der Waals surface area (Å²) >= 11 is 0. The molecule has 1 aromatic heterocycles. The first-order valence-electron chi connectivity index (χ1n) is 12.2. The molecule has 190 valence electrons. The van der Waals surface area contributed by atoms with Gasteiger partial charge in [0.15, 0.2) is 0 Å². The summed E-state index contributed by atoms with van der Waals surface area (Å²) in [6.45, 7) is 5.16. The van der Waals surface area contributed by atoms with Gasteiger partial charge in [0.25, 0.3) is 0 Å². The molecule has 2 fully saturated rings. The van der Waals surface area contributed by atoms with Crippen molar-refractivity contribution in [3.8, 4) is 5.69 Å². The molecule has 2 aliphatic heterocycles. The van der Waals surface area contributed by atoms with Crippen LogP contribution < -0.4 is 5.32 Å². The predicted molar refractivity (Wildman–Crippen MR) is 135 cm³/mol. The largest absolute Gasteiger partial charge is 0.465 e. The molecule has 2 N–H and O–H groups in total. The maximum absolute atomic E-state index is 13.5. The average Bonchev–Trinajstić information content (AvgIpc) is 3.56. The Morgan fingerprint density at radius 1 is 1.03 bits per heavy atom. The monoisotopic (exact) mass is 509 g/mol. The van der Waals surface area contributed by atoms with Gasteiger partial charge in [-0.15, -0.1) is 0 Å². The molecule has 3 aromatic rings. The molecule has 2 aromatic carbocycles. The number of nitrogens with one attached hydrogen (secondary N) is 1. The second-order valence-electron chi connectivity index (χ2n) is 9.64. The van der Waals surface area contributed by atoms with E-state index in [-0.39, 0.29) is 22.8 Å². The number of para-hydroxylation sites is 1. The zero-order valence-electron chi connectivity index (χ0n) is 20.2. The summed E-state index contributed by atoms with van der Waals surface area (Å²) in [6.07, 6.45) is 1.08. The topological polar surface area (TPSA) is 108 Å². The van der Waals surface area contributed by atoms with Crippen LogP contribution in [0.25, 0.3) is 5.69 Å². The fraction of sp³-hybridized carbons (Fsp3) is 0.385. The van der Waals surface area contributed by atoms with Crippen molar-refractivity contribution in [3.05, 3.63) is 78.1 Å². The van der Waals surface area contributed by atoms with Crippen LogP contribution in [0.3, 0.4) is 0 Å². The summed E-state index contributed by atoms with van der Waals surface area (Å²) < 4.78 is 30.2. The second kappa shape index (κ2) is 10.0. The molecule has 3 atom stereocenters. The first-order valence-corrected chi connectivity index (χ1v) is 13.6. The minimum absolute atomic E-state index is 0.258. The lowest BCUT2D eigenvalue weighted by Gasteiger charge is -2.24. The van der Waals surface area contributed by atoms with Crippen molar-refractivity contribution in [1.29, 1.82) is 0 Å². The highest BCUT2D eigenvalue weighted by Crippen LogP contribution is 2.35. The van der Waals surface area contributed by atoms with Gasteiger partial charge in [-0.25, -0.2) is 17.9 Å². The van der Waals surface area contributed by atoms with Crippen molar-refractivity contribution in [2.75, 3.05) is 32.7 Å². The van der Waals surface area contributed by atoms with E-state index in [0.29, 0.717) is 25.2 Å². The fourth-order valence-corrected chi connectivity index (χ4v) is 7.20.